The highest BCUT2D eigenvalue weighted by atomic mass is 16.5. The fraction of sp³-hybridized carbons (Fsp3) is 0.750. The number of methoxy groups -OCH3 is 1. The molecular formula is C28H45N5O2. The molecule has 7 nitrogen and oxygen atoms in total. The predicted octanol–water partition coefficient (Wildman–Crippen LogP) is 3.21. The second kappa shape index (κ2) is 9.02. The van der Waals surface area contributed by atoms with Crippen molar-refractivity contribution in [2.75, 3.05) is 31.0 Å². The molecule has 1 aromatic carbocycles. The van der Waals surface area contributed by atoms with Crippen LogP contribution < -0.4 is 28.1 Å². The van der Waals surface area contributed by atoms with E-state index in [1.54, 1.807) is 7.11 Å². The normalized spacial score (nSPS) is 42.6. The van der Waals surface area contributed by atoms with E-state index in [4.69, 9.17) is 27.8 Å². The number of ketones is 1. The largest absolute Gasteiger partial charge is 0.397 e. The van der Waals surface area contributed by atoms with Gasteiger partial charge in [0.15, 0.2) is 5.78 Å². The Labute approximate surface area is 210 Å². The average molecular weight is 484 g/mol. The van der Waals surface area contributed by atoms with Gasteiger partial charge in [-0.3, -0.25) is 4.79 Å². The molecule has 0 aliphatic heterocycles. The maximum atomic E-state index is 13.6. The van der Waals surface area contributed by atoms with Gasteiger partial charge in [0.25, 0.3) is 0 Å². The monoisotopic (exact) mass is 483 g/mol. The molecule has 4 saturated carbocycles. The van der Waals surface area contributed by atoms with Crippen molar-refractivity contribution < 1.29 is 9.53 Å². The van der Waals surface area contributed by atoms with Gasteiger partial charge in [-0.1, -0.05) is 19.1 Å². The number of hydrogen-bond acceptors (Lipinski definition) is 7. The van der Waals surface area contributed by atoms with E-state index in [2.05, 4.69) is 6.92 Å². The molecule has 0 saturated heterocycles. The molecule has 8 N–H and O–H groups in total. The van der Waals surface area contributed by atoms with E-state index in [1.165, 1.54) is 5.01 Å². The molecule has 0 bridgehead atoms. The van der Waals surface area contributed by atoms with Crippen LogP contribution in [0.2, 0.25) is 0 Å². The number of carbonyl (C=O) groups excluding carboxylic acids is 1. The van der Waals surface area contributed by atoms with E-state index in [-0.39, 0.29) is 34.7 Å². The van der Waals surface area contributed by atoms with Gasteiger partial charge in [0.05, 0.1) is 17.9 Å². The smallest absolute Gasteiger partial charge is 0.157 e. The number of para-hydroxylation sites is 2. The number of benzene rings is 1. The minimum Gasteiger partial charge on any atom is -0.397 e. The quantitative estimate of drug-likeness (QED) is 0.277. The highest BCUT2D eigenvalue weighted by molar-refractivity contribution is 5.87. The molecule has 2 unspecified atom stereocenters. The van der Waals surface area contributed by atoms with Crippen LogP contribution in [0.15, 0.2) is 24.3 Å². The molecule has 0 amide bonds. The molecule has 8 atom stereocenters. The molecule has 1 aromatic rings. The van der Waals surface area contributed by atoms with E-state index >= 15 is 0 Å². The third-order valence-corrected chi connectivity index (χ3v) is 10.9. The Balaban J connectivity index is 1.31. The fourth-order valence-electron chi connectivity index (χ4n) is 9.16. The Kier molecular flexibility index (Phi) is 6.44. The zero-order valence-electron chi connectivity index (χ0n) is 21.5. The first-order valence-corrected chi connectivity index (χ1v) is 13.6. The number of nitrogens with zero attached hydrogens (tertiary/aromatic N) is 1. The Morgan fingerprint density at radius 3 is 2.57 bits per heavy atom. The minimum absolute atomic E-state index is 0.0134. The number of ether oxygens (including phenoxy) is 1. The van der Waals surface area contributed by atoms with Gasteiger partial charge in [-0.25, -0.2) is 5.84 Å². The van der Waals surface area contributed by atoms with Crippen LogP contribution in [0.5, 0.6) is 0 Å². The van der Waals surface area contributed by atoms with Crippen LogP contribution in [0.3, 0.4) is 0 Å². The lowest BCUT2D eigenvalue weighted by atomic mass is 9.44. The maximum Gasteiger partial charge on any atom is 0.157 e. The van der Waals surface area contributed by atoms with Crippen molar-refractivity contribution in [3.8, 4) is 0 Å². The molecule has 0 spiro atoms. The SMILES string of the molecule is COC[C@H]1CC[C@]2(N)C3CC[C@@]4(C)C(CC[C@@H]4C(=O)CN(N)c4ccccc4N)[C@@H]3CC[C@]2(N)C1. The molecule has 7 heteroatoms. The highest BCUT2D eigenvalue weighted by Crippen LogP contribution is 2.65. The number of fused-ring (bicyclic) bond motifs is 5. The van der Waals surface area contributed by atoms with Gasteiger partial charge in [-0.2, -0.15) is 0 Å². The van der Waals surface area contributed by atoms with Gasteiger partial charge in [0, 0.05) is 30.7 Å². The highest BCUT2D eigenvalue weighted by Gasteiger charge is 2.64. The summed E-state index contributed by atoms with van der Waals surface area (Å²) < 4.78 is 5.46. The fourth-order valence-corrected chi connectivity index (χ4v) is 9.16. The number of rotatable bonds is 6. The average Bonchev–Trinajstić information content (AvgIpc) is 3.17. The van der Waals surface area contributed by atoms with Crippen molar-refractivity contribution in [3.63, 3.8) is 0 Å². The molecule has 194 valence electrons. The van der Waals surface area contributed by atoms with E-state index in [9.17, 15) is 4.79 Å². The molecular weight excluding hydrogens is 438 g/mol. The zero-order valence-corrected chi connectivity index (χ0v) is 21.5. The summed E-state index contributed by atoms with van der Waals surface area (Å²) >= 11 is 0. The molecule has 0 aromatic heterocycles. The molecule has 0 radical (unpaired) electrons. The molecule has 4 aliphatic rings. The van der Waals surface area contributed by atoms with Crippen LogP contribution in [0.1, 0.15) is 64.7 Å². The van der Waals surface area contributed by atoms with Crippen LogP contribution in [0.4, 0.5) is 11.4 Å². The van der Waals surface area contributed by atoms with Crippen LogP contribution >= 0.6 is 0 Å². The number of Topliss-reactive ketones (excluding diaryl/α,β-unsaturated/α-hetero) is 1. The maximum absolute atomic E-state index is 13.6. The summed E-state index contributed by atoms with van der Waals surface area (Å²) in [6.07, 6.45) is 9.35. The van der Waals surface area contributed by atoms with Crippen LogP contribution in [-0.4, -0.2) is 37.1 Å². The number of anilines is 2. The first-order chi connectivity index (χ1) is 16.6. The molecule has 4 aliphatic carbocycles. The van der Waals surface area contributed by atoms with Gasteiger partial charge in [0.1, 0.15) is 0 Å². The Bertz CT molecular complexity index is 957. The molecule has 35 heavy (non-hydrogen) atoms. The summed E-state index contributed by atoms with van der Waals surface area (Å²) in [6, 6.07) is 7.47. The van der Waals surface area contributed by atoms with Gasteiger partial charge < -0.3 is 26.9 Å². The third kappa shape index (κ3) is 3.90. The minimum atomic E-state index is -0.303. The zero-order chi connectivity index (χ0) is 25.0. The van der Waals surface area contributed by atoms with Gasteiger partial charge >= 0.3 is 0 Å². The number of nitrogen functional groups attached to an aromatic ring is 1. The van der Waals surface area contributed by atoms with Crippen molar-refractivity contribution in [2.24, 2.45) is 52.3 Å². The summed E-state index contributed by atoms with van der Waals surface area (Å²) in [4.78, 5) is 13.6. The van der Waals surface area contributed by atoms with Crippen LogP contribution in [0, 0.1) is 35.0 Å². The van der Waals surface area contributed by atoms with E-state index in [0.717, 1.165) is 64.4 Å². The number of carbonyl (C=O) groups is 1. The van der Waals surface area contributed by atoms with Gasteiger partial charge in [-0.15, -0.1) is 0 Å². The standard InChI is InChI=1S/C28H45N5O2/c1-26-12-11-21-19(10-13-27(30)15-18(17-35-2)9-14-28(21,27)31)20(26)7-8-22(26)25(34)16-33(32)24-6-4-3-5-23(24)29/h3-6,18-22H,7-17,29-32H2,1-2H3/t18-,19-,20?,21?,22+,26-,27-,28-/m0/s1. The van der Waals surface area contributed by atoms with Crippen molar-refractivity contribution in [1.82, 2.24) is 0 Å². The van der Waals surface area contributed by atoms with Gasteiger partial charge in [-0.05, 0) is 99.0 Å². The van der Waals surface area contributed by atoms with Crippen molar-refractivity contribution >= 4 is 17.2 Å². The number of hydrazine groups is 1. The van der Waals surface area contributed by atoms with Crippen molar-refractivity contribution in [3.05, 3.63) is 24.3 Å². The Morgan fingerprint density at radius 1 is 1.06 bits per heavy atom. The van der Waals surface area contributed by atoms with Gasteiger partial charge in [0.2, 0.25) is 0 Å². The summed E-state index contributed by atoms with van der Waals surface area (Å²) in [7, 11) is 1.78. The summed E-state index contributed by atoms with van der Waals surface area (Å²) in [6.45, 7) is 3.34. The third-order valence-electron chi connectivity index (χ3n) is 10.9. The van der Waals surface area contributed by atoms with Crippen LogP contribution in [0.25, 0.3) is 0 Å². The van der Waals surface area contributed by atoms with Crippen LogP contribution in [-0.2, 0) is 9.53 Å². The predicted molar refractivity (Wildman–Crippen MR) is 140 cm³/mol. The lowest BCUT2D eigenvalue weighted by Gasteiger charge is -2.64. The molecule has 4 fully saturated rings. The lowest BCUT2D eigenvalue weighted by molar-refractivity contribution is -0.131. The number of nitrogens with two attached hydrogens (primary N) is 4. The molecule has 5 rings (SSSR count). The first kappa shape index (κ1) is 25.0. The summed E-state index contributed by atoms with van der Waals surface area (Å²) in [5.74, 6) is 8.65. The summed E-state index contributed by atoms with van der Waals surface area (Å²) in [5.41, 5.74) is 21.3. The first-order valence-electron chi connectivity index (χ1n) is 13.6. The van der Waals surface area contributed by atoms with E-state index in [1.807, 2.05) is 24.3 Å². The summed E-state index contributed by atoms with van der Waals surface area (Å²) in [5, 5.41) is 1.52. The Morgan fingerprint density at radius 2 is 1.83 bits per heavy atom. The second-order valence-corrected chi connectivity index (χ2v) is 12.5. The van der Waals surface area contributed by atoms with Crippen molar-refractivity contribution in [1.29, 1.82) is 0 Å². The van der Waals surface area contributed by atoms with E-state index < -0.39 is 0 Å². The van der Waals surface area contributed by atoms with E-state index in [0.29, 0.717) is 35.0 Å². The second-order valence-electron chi connectivity index (χ2n) is 12.5. The Hall–Kier alpha value is -1.67. The number of hydrogen-bond donors (Lipinski definition) is 4. The molecule has 0 heterocycles. The van der Waals surface area contributed by atoms with Crippen molar-refractivity contribution in [2.45, 2.75) is 75.8 Å². The topological polar surface area (TPSA) is 134 Å². The lowest BCUT2D eigenvalue weighted by Crippen LogP contribution is -2.76.